The van der Waals surface area contributed by atoms with Gasteiger partial charge in [0, 0.05) is 17.6 Å². The summed E-state index contributed by atoms with van der Waals surface area (Å²) < 4.78 is 5.49. The molecule has 1 aromatic carbocycles. The maximum atomic E-state index is 12.0. The highest BCUT2D eigenvalue weighted by atomic mass is 32.1. The number of nitrogens with zero attached hydrogens (tertiary/aromatic N) is 3. The van der Waals surface area contributed by atoms with Gasteiger partial charge in [0.05, 0.1) is 12.1 Å². The third-order valence-electron chi connectivity index (χ3n) is 2.89. The number of aromatic nitrogens is 3. The molecule has 3 rings (SSSR count). The lowest BCUT2D eigenvalue weighted by atomic mass is 10.2. The average molecular weight is 273 g/mol. The van der Waals surface area contributed by atoms with Gasteiger partial charge in [-0.2, -0.15) is 0 Å². The summed E-state index contributed by atoms with van der Waals surface area (Å²) in [5.74, 6) is 5.39. The number of para-hydroxylation sites is 1. The van der Waals surface area contributed by atoms with Crippen molar-refractivity contribution in [2.45, 2.75) is 6.54 Å². The van der Waals surface area contributed by atoms with Crippen molar-refractivity contribution < 1.29 is 0 Å². The van der Waals surface area contributed by atoms with Crippen LogP contribution in [0.2, 0.25) is 0 Å². The van der Waals surface area contributed by atoms with Gasteiger partial charge < -0.3 is 9.99 Å². The van der Waals surface area contributed by atoms with Crippen molar-refractivity contribution in [3.05, 3.63) is 52.4 Å². The molecule has 6 nitrogen and oxygen atoms in total. The van der Waals surface area contributed by atoms with Gasteiger partial charge in [0.1, 0.15) is 10.7 Å². The number of hydrazine groups is 1. The number of nitrogen functional groups attached to an aromatic ring is 1. The van der Waals surface area contributed by atoms with E-state index >= 15 is 0 Å². The fraction of sp³-hybridized carbons (Fsp3) is 0.0833. The average Bonchev–Trinajstić information content (AvgIpc) is 2.89. The number of nitrogens with two attached hydrogens (primary N) is 1. The largest absolute Gasteiger partial charge is 0.313 e. The molecule has 0 saturated carbocycles. The van der Waals surface area contributed by atoms with Crippen LogP contribution < -0.4 is 16.8 Å². The lowest BCUT2D eigenvalue weighted by molar-refractivity contribution is 0.767. The summed E-state index contributed by atoms with van der Waals surface area (Å²) >= 11 is 1.17. The van der Waals surface area contributed by atoms with Crippen LogP contribution in [0.4, 0.5) is 5.00 Å². The Morgan fingerprint density at radius 2 is 2.11 bits per heavy atom. The first-order valence-electron chi connectivity index (χ1n) is 5.66. The molecule has 0 radical (unpaired) electrons. The molecule has 0 unspecified atom stereocenters. The monoisotopic (exact) mass is 273 g/mol. The van der Waals surface area contributed by atoms with Crippen molar-refractivity contribution in [1.29, 1.82) is 0 Å². The van der Waals surface area contributed by atoms with Gasteiger partial charge in [-0.1, -0.05) is 22.7 Å². The van der Waals surface area contributed by atoms with Crippen molar-refractivity contribution in [3.8, 4) is 0 Å². The summed E-state index contributed by atoms with van der Waals surface area (Å²) in [7, 11) is 0. The summed E-state index contributed by atoms with van der Waals surface area (Å²) in [6.07, 6.45) is 0. The van der Waals surface area contributed by atoms with Crippen LogP contribution in [0, 0.1) is 0 Å². The van der Waals surface area contributed by atoms with Crippen LogP contribution in [-0.4, -0.2) is 14.2 Å². The van der Waals surface area contributed by atoms with Crippen molar-refractivity contribution >= 4 is 27.4 Å². The molecule has 2 heterocycles. The van der Waals surface area contributed by atoms with Crippen LogP contribution in [0.25, 0.3) is 10.9 Å². The lowest BCUT2D eigenvalue weighted by Gasteiger charge is -2.08. The van der Waals surface area contributed by atoms with E-state index in [-0.39, 0.29) is 5.56 Å². The van der Waals surface area contributed by atoms with Gasteiger partial charge in [0.2, 0.25) is 0 Å². The zero-order chi connectivity index (χ0) is 13.2. The molecule has 3 N–H and O–H groups in total. The third-order valence-corrected chi connectivity index (χ3v) is 3.59. The fourth-order valence-electron chi connectivity index (χ4n) is 1.98. The van der Waals surface area contributed by atoms with E-state index in [1.807, 2.05) is 30.3 Å². The topological polar surface area (TPSA) is 85.8 Å². The van der Waals surface area contributed by atoms with Crippen LogP contribution in [0.5, 0.6) is 0 Å². The number of benzene rings is 1. The van der Waals surface area contributed by atoms with Crippen molar-refractivity contribution in [1.82, 2.24) is 14.2 Å². The minimum Gasteiger partial charge on any atom is -0.313 e. The molecule has 0 fully saturated rings. The molecule has 0 aliphatic carbocycles. The highest BCUT2D eigenvalue weighted by Gasteiger charge is 2.10. The van der Waals surface area contributed by atoms with E-state index in [2.05, 4.69) is 15.0 Å². The van der Waals surface area contributed by atoms with Gasteiger partial charge in [-0.05, 0) is 17.5 Å². The Balaban J connectivity index is 2.15. The Hall–Kier alpha value is -2.25. The molecule has 0 saturated heterocycles. The Morgan fingerprint density at radius 3 is 2.95 bits per heavy atom. The van der Waals surface area contributed by atoms with E-state index in [1.165, 1.54) is 11.5 Å². The molecule has 19 heavy (non-hydrogen) atoms. The van der Waals surface area contributed by atoms with Gasteiger partial charge in [-0.25, -0.2) is 5.84 Å². The van der Waals surface area contributed by atoms with E-state index in [9.17, 15) is 4.79 Å². The number of rotatable bonds is 3. The third kappa shape index (κ3) is 2.09. The van der Waals surface area contributed by atoms with Gasteiger partial charge in [0.15, 0.2) is 0 Å². The van der Waals surface area contributed by atoms with Crippen molar-refractivity contribution in [3.63, 3.8) is 0 Å². The predicted octanol–water partition coefficient (Wildman–Crippen LogP) is 1.19. The van der Waals surface area contributed by atoms with E-state index < -0.39 is 0 Å². The Bertz CT molecular complexity index is 779. The van der Waals surface area contributed by atoms with E-state index in [1.54, 1.807) is 10.6 Å². The zero-order valence-electron chi connectivity index (χ0n) is 9.91. The minimum atomic E-state index is -0.0744. The van der Waals surface area contributed by atoms with Crippen molar-refractivity contribution in [2.75, 3.05) is 5.43 Å². The molecular formula is C12H11N5OS. The van der Waals surface area contributed by atoms with Gasteiger partial charge in [-0.15, -0.1) is 5.10 Å². The lowest BCUT2D eigenvalue weighted by Crippen LogP contribution is -2.21. The Kier molecular flexibility index (Phi) is 2.98. The molecule has 0 aliphatic heterocycles. The van der Waals surface area contributed by atoms with Crippen LogP contribution in [0.15, 0.2) is 41.2 Å². The molecule has 3 aromatic rings. The predicted molar refractivity (Wildman–Crippen MR) is 75.0 cm³/mol. The fourth-order valence-corrected chi connectivity index (χ4v) is 2.46. The first-order chi connectivity index (χ1) is 9.29. The first-order valence-corrected chi connectivity index (χ1v) is 6.43. The van der Waals surface area contributed by atoms with Crippen LogP contribution >= 0.6 is 11.5 Å². The number of pyridine rings is 1. The number of hydrogen-bond acceptors (Lipinski definition) is 6. The van der Waals surface area contributed by atoms with E-state index in [4.69, 9.17) is 5.84 Å². The van der Waals surface area contributed by atoms with Crippen LogP contribution in [-0.2, 0) is 6.54 Å². The second kappa shape index (κ2) is 4.79. The van der Waals surface area contributed by atoms with Crippen LogP contribution in [0.1, 0.15) is 5.69 Å². The first kappa shape index (κ1) is 11.8. The Morgan fingerprint density at radius 1 is 1.26 bits per heavy atom. The Labute approximate surface area is 112 Å². The highest BCUT2D eigenvalue weighted by Crippen LogP contribution is 2.18. The number of hydrogen-bond donors (Lipinski definition) is 2. The molecule has 0 spiro atoms. The highest BCUT2D eigenvalue weighted by molar-refractivity contribution is 7.10. The number of anilines is 1. The van der Waals surface area contributed by atoms with E-state index in [0.717, 1.165) is 10.9 Å². The molecule has 7 heteroatoms. The summed E-state index contributed by atoms with van der Waals surface area (Å²) in [4.78, 5) is 12.0. The summed E-state index contributed by atoms with van der Waals surface area (Å²) in [5.41, 5.74) is 3.99. The smallest absolute Gasteiger partial charge is 0.251 e. The van der Waals surface area contributed by atoms with Gasteiger partial charge in [-0.3, -0.25) is 4.79 Å². The normalized spacial score (nSPS) is 10.8. The van der Waals surface area contributed by atoms with Gasteiger partial charge in [0.25, 0.3) is 5.56 Å². The summed E-state index contributed by atoms with van der Waals surface area (Å²) in [6.45, 7) is 0.343. The quantitative estimate of drug-likeness (QED) is 0.553. The van der Waals surface area contributed by atoms with Crippen LogP contribution in [0.3, 0.4) is 0 Å². The van der Waals surface area contributed by atoms with E-state index in [0.29, 0.717) is 17.2 Å². The zero-order valence-corrected chi connectivity index (χ0v) is 10.7. The molecule has 96 valence electrons. The molecular weight excluding hydrogens is 262 g/mol. The second-order valence-corrected chi connectivity index (χ2v) is 4.76. The number of fused-ring (bicyclic) bond motifs is 1. The molecule has 0 atom stereocenters. The number of nitrogens with one attached hydrogen (secondary N) is 1. The second-order valence-electron chi connectivity index (χ2n) is 4.01. The molecule has 0 bridgehead atoms. The summed E-state index contributed by atoms with van der Waals surface area (Å²) in [5, 5.41) is 5.67. The maximum Gasteiger partial charge on any atom is 0.251 e. The standard InChI is InChI=1S/C12H11N5OS/c13-14-12-9(15-16-19-12)7-17-10-4-2-1-3-8(10)5-6-11(17)18/h1-6,14H,7,13H2. The molecule has 0 aliphatic rings. The molecule has 0 amide bonds. The SMILES string of the molecule is NNc1snnc1Cn1c(=O)ccc2ccccc21. The van der Waals surface area contributed by atoms with Gasteiger partial charge >= 0.3 is 0 Å². The minimum absolute atomic E-state index is 0.0744. The maximum absolute atomic E-state index is 12.0. The molecule has 2 aromatic heterocycles. The van der Waals surface area contributed by atoms with Crippen molar-refractivity contribution in [2.24, 2.45) is 5.84 Å². The summed E-state index contributed by atoms with van der Waals surface area (Å²) in [6, 6.07) is 11.1.